The summed E-state index contributed by atoms with van der Waals surface area (Å²) in [5.74, 6) is 1.23. The van der Waals surface area contributed by atoms with Crippen LogP contribution < -0.4 is 9.80 Å². The van der Waals surface area contributed by atoms with Crippen LogP contribution in [0.3, 0.4) is 0 Å². The molecular weight excluding hydrogens is 397 g/mol. The molecule has 6 rings (SSSR count). The maximum atomic E-state index is 14.4. The average Bonchev–Trinajstić information content (AvgIpc) is 2.72. The molecule has 3 aromatic heterocycles. The van der Waals surface area contributed by atoms with E-state index in [1.54, 1.807) is 18.5 Å². The fraction of sp³-hybridized carbons (Fsp3) is 0.409. The Hall–Kier alpha value is -3.20. The fourth-order valence-electron chi connectivity index (χ4n) is 4.72. The number of hydrogen-bond acceptors (Lipinski definition) is 8. The molecule has 0 amide bonds. The standard InChI is InChI=1S/C22H22FN7O/c1-14-16-9-26-21(20-24-4-2-5-25-20)27-17(16)3-6-30(14)19-8-15(7-18(23)28-19)29-10-22(11-29)12-31-13-22/h2,4-5,7-9,14H,3,6,10-13H2,1H3. The summed E-state index contributed by atoms with van der Waals surface area (Å²) in [6, 6.07) is 5.26. The molecule has 1 atom stereocenters. The maximum Gasteiger partial charge on any atom is 0.216 e. The number of ether oxygens (including phenoxy) is 1. The predicted molar refractivity (Wildman–Crippen MR) is 112 cm³/mol. The van der Waals surface area contributed by atoms with E-state index in [-0.39, 0.29) is 11.5 Å². The number of hydrogen-bond donors (Lipinski definition) is 0. The van der Waals surface area contributed by atoms with Crippen molar-refractivity contribution in [2.24, 2.45) is 5.41 Å². The molecule has 1 unspecified atom stereocenters. The van der Waals surface area contributed by atoms with Crippen molar-refractivity contribution in [3.8, 4) is 11.6 Å². The summed E-state index contributed by atoms with van der Waals surface area (Å²) in [5, 5.41) is 0. The molecule has 2 saturated heterocycles. The Morgan fingerprint density at radius 2 is 1.87 bits per heavy atom. The molecule has 158 valence electrons. The van der Waals surface area contributed by atoms with Crippen molar-refractivity contribution in [2.75, 3.05) is 42.6 Å². The Labute approximate surface area is 179 Å². The smallest absolute Gasteiger partial charge is 0.216 e. The van der Waals surface area contributed by atoms with Crippen LogP contribution in [0.2, 0.25) is 0 Å². The zero-order chi connectivity index (χ0) is 21.0. The topological polar surface area (TPSA) is 80.2 Å². The predicted octanol–water partition coefficient (Wildman–Crippen LogP) is 2.43. The number of nitrogens with zero attached hydrogens (tertiary/aromatic N) is 7. The first-order valence-corrected chi connectivity index (χ1v) is 10.5. The van der Waals surface area contributed by atoms with Crippen LogP contribution in [0.4, 0.5) is 15.9 Å². The largest absolute Gasteiger partial charge is 0.380 e. The number of pyridine rings is 1. The molecule has 3 aliphatic rings. The van der Waals surface area contributed by atoms with E-state index in [1.165, 1.54) is 6.07 Å². The minimum absolute atomic E-state index is 0.0144. The third-order valence-corrected chi connectivity index (χ3v) is 6.47. The van der Waals surface area contributed by atoms with Gasteiger partial charge in [0.05, 0.1) is 30.4 Å². The van der Waals surface area contributed by atoms with Gasteiger partial charge >= 0.3 is 0 Å². The molecule has 3 aliphatic heterocycles. The van der Waals surface area contributed by atoms with Crippen molar-refractivity contribution in [1.29, 1.82) is 0 Å². The Morgan fingerprint density at radius 3 is 2.61 bits per heavy atom. The molecule has 2 fully saturated rings. The molecule has 31 heavy (non-hydrogen) atoms. The van der Waals surface area contributed by atoms with Gasteiger partial charge < -0.3 is 14.5 Å². The van der Waals surface area contributed by atoms with Gasteiger partial charge in [0.2, 0.25) is 5.95 Å². The lowest BCUT2D eigenvalue weighted by Crippen LogP contribution is -2.66. The zero-order valence-electron chi connectivity index (χ0n) is 17.2. The lowest BCUT2D eigenvalue weighted by Gasteiger charge is -2.56. The first-order valence-electron chi connectivity index (χ1n) is 10.5. The summed E-state index contributed by atoms with van der Waals surface area (Å²) in [7, 11) is 0. The van der Waals surface area contributed by atoms with Gasteiger partial charge in [0.25, 0.3) is 0 Å². The Balaban J connectivity index is 1.26. The van der Waals surface area contributed by atoms with Crippen LogP contribution >= 0.6 is 0 Å². The second-order valence-electron chi connectivity index (χ2n) is 8.64. The van der Waals surface area contributed by atoms with Crippen LogP contribution in [-0.2, 0) is 11.2 Å². The molecule has 0 saturated carbocycles. The molecule has 0 bridgehead atoms. The Bertz CT molecular complexity index is 1130. The van der Waals surface area contributed by atoms with Gasteiger partial charge in [0.15, 0.2) is 11.6 Å². The van der Waals surface area contributed by atoms with Crippen molar-refractivity contribution in [2.45, 2.75) is 19.4 Å². The Kier molecular flexibility index (Phi) is 4.14. The van der Waals surface area contributed by atoms with Crippen LogP contribution in [0, 0.1) is 11.4 Å². The number of aromatic nitrogens is 5. The number of anilines is 2. The SMILES string of the molecule is CC1c2cnc(-c3ncccn3)nc2CCN1c1cc(N2CC3(COC3)C2)cc(F)n1. The highest BCUT2D eigenvalue weighted by molar-refractivity contribution is 5.59. The van der Waals surface area contributed by atoms with Crippen molar-refractivity contribution in [1.82, 2.24) is 24.9 Å². The fourth-order valence-corrected chi connectivity index (χ4v) is 4.72. The monoisotopic (exact) mass is 419 g/mol. The van der Waals surface area contributed by atoms with E-state index < -0.39 is 5.95 Å². The average molecular weight is 419 g/mol. The van der Waals surface area contributed by atoms with Gasteiger partial charge in [-0.15, -0.1) is 0 Å². The zero-order valence-corrected chi connectivity index (χ0v) is 17.2. The molecule has 1 spiro atoms. The lowest BCUT2D eigenvalue weighted by molar-refractivity contribution is -0.127. The summed E-state index contributed by atoms with van der Waals surface area (Å²) >= 11 is 0. The highest BCUT2D eigenvalue weighted by atomic mass is 19.1. The van der Waals surface area contributed by atoms with Crippen LogP contribution in [-0.4, -0.2) is 57.8 Å². The van der Waals surface area contributed by atoms with E-state index in [0.29, 0.717) is 24.0 Å². The van der Waals surface area contributed by atoms with Gasteiger partial charge in [-0.25, -0.2) is 24.9 Å². The molecule has 0 radical (unpaired) electrons. The van der Waals surface area contributed by atoms with Gasteiger partial charge in [0, 0.05) is 68.0 Å². The molecule has 0 aromatic carbocycles. The van der Waals surface area contributed by atoms with Crippen molar-refractivity contribution < 1.29 is 9.13 Å². The lowest BCUT2D eigenvalue weighted by atomic mass is 9.78. The molecule has 6 heterocycles. The van der Waals surface area contributed by atoms with Gasteiger partial charge in [-0.3, -0.25) is 0 Å². The third kappa shape index (κ3) is 3.11. The summed E-state index contributed by atoms with van der Waals surface area (Å²) in [6.07, 6.45) is 5.92. The summed E-state index contributed by atoms with van der Waals surface area (Å²) < 4.78 is 19.8. The van der Waals surface area contributed by atoms with E-state index in [9.17, 15) is 4.39 Å². The molecule has 0 N–H and O–H groups in total. The summed E-state index contributed by atoms with van der Waals surface area (Å²) in [5.41, 5.74) is 3.15. The minimum Gasteiger partial charge on any atom is -0.380 e. The van der Waals surface area contributed by atoms with Crippen LogP contribution in [0.5, 0.6) is 0 Å². The molecule has 9 heteroatoms. The number of fused-ring (bicyclic) bond motifs is 1. The normalized spacial score (nSPS) is 21.4. The van der Waals surface area contributed by atoms with Gasteiger partial charge in [0.1, 0.15) is 5.82 Å². The molecular formula is C22H22FN7O. The summed E-state index contributed by atoms with van der Waals surface area (Å²) in [6.45, 7) is 6.21. The van der Waals surface area contributed by atoms with Gasteiger partial charge in [-0.2, -0.15) is 4.39 Å². The minimum atomic E-state index is -0.455. The van der Waals surface area contributed by atoms with Crippen LogP contribution in [0.25, 0.3) is 11.6 Å². The van der Waals surface area contributed by atoms with Crippen molar-refractivity contribution in [3.05, 3.63) is 54.0 Å². The maximum absolute atomic E-state index is 14.4. The number of rotatable bonds is 3. The second kappa shape index (κ2) is 6.91. The first-order chi connectivity index (χ1) is 15.1. The second-order valence-corrected chi connectivity index (χ2v) is 8.64. The molecule has 0 aliphatic carbocycles. The van der Waals surface area contributed by atoms with Gasteiger partial charge in [-0.1, -0.05) is 0 Å². The van der Waals surface area contributed by atoms with Crippen molar-refractivity contribution in [3.63, 3.8) is 0 Å². The van der Waals surface area contributed by atoms with E-state index in [0.717, 1.165) is 49.7 Å². The first kappa shape index (κ1) is 18.6. The van der Waals surface area contributed by atoms with E-state index in [2.05, 4.69) is 36.7 Å². The molecule has 8 nitrogen and oxygen atoms in total. The highest BCUT2D eigenvalue weighted by Crippen LogP contribution is 2.41. The van der Waals surface area contributed by atoms with E-state index >= 15 is 0 Å². The quantitative estimate of drug-likeness (QED) is 0.599. The highest BCUT2D eigenvalue weighted by Gasteiger charge is 2.49. The number of halogens is 1. The van der Waals surface area contributed by atoms with E-state index in [1.807, 2.05) is 12.3 Å². The van der Waals surface area contributed by atoms with E-state index in [4.69, 9.17) is 9.72 Å². The van der Waals surface area contributed by atoms with Crippen LogP contribution in [0.15, 0.2) is 36.8 Å². The van der Waals surface area contributed by atoms with Crippen molar-refractivity contribution >= 4 is 11.5 Å². The Morgan fingerprint density at radius 1 is 1.06 bits per heavy atom. The van der Waals surface area contributed by atoms with Crippen LogP contribution in [0.1, 0.15) is 24.2 Å². The molecule has 3 aromatic rings. The third-order valence-electron chi connectivity index (χ3n) is 6.47. The van der Waals surface area contributed by atoms with Gasteiger partial charge in [-0.05, 0) is 13.0 Å². The summed E-state index contributed by atoms with van der Waals surface area (Å²) in [4.78, 5) is 26.2.